The van der Waals surface area contributed by atoms with E-state index < -0.39 is 0 Å². The Morgan fingerprint density at radius 3 is 2.67 bits per heavy atom. The van der Waals surface area contributed by atoms with Crippen LogP contribution in [-0.2, 0) is 0 Å². The van der Waals surface area contributed by atoms with Gasteiger partial charge in [-0.1, -0.05) is 26.0 Å². The number of tetrazole rings is 1. The molecule has 0 N–H and O–H groups in total. The average molecular weight is 267 g/mol. The van der Waals surface area contributed by atoms with E-state index in [2.05, 4.69) is 45.3 Å². The van der Waals surface area contributed by atoms with Gasteiger partial charge >= 0.3 is 0 Å². The highest BCUT2D eigenvalue weighted by Gasteiger charge is 2.13. The second kappa shape index (κ2) is 4.10. The second-order valence-electron chi connectivity index (χ2n) is 3.55. The van der Waals surface area contributed by atoms with E-state index >= 15 is 0 Å². The Morgan fingerprint density at radius 1 is 1.27 bits per heavy atom. The van der Waals surface area contributed by atoms with E-state index in [4.69, 9.17) is 0 Å². The van der Waals surface area contributed by atoms with Crippen LogP contribution in [0.4, 0.5) is 0 Å². The molecule has 0 spiro atoms. The van der Waals surface area contributed by atoms with Crippen molar-refractivity contribution in [3.63, 3.8) is 0 Å². The third kappa shape index (κ3) is 1.92. The molecular weight excluding hydrogens is 256 g/mol. The fourth-order valence-electron chi connectivity index (χ4n) is 1.35. The van der Waals surface area contributed by atoms with Crippen LogP contribution in [0.3, 0.4) is 0 Å². The normalized spacial score (nSPS) is 10.9. The number of aromatic nitrogens is 4. The van der Waals surface area contributed by atoms with Gasteiger partial charge in [0.15, 0.2) is 5.82 Å². The summed E-state index contributed by atoms with van der Waals surface area (Å²) >= 11 is 3.48. The minimum Gasteiger partial charge on any atom is -0.196 e. The van der Waals surface area contributed by atoms with Crippen molar-refractivity contribution in [3.8, 4) is 5.69 Å². The van der Waals surface area contributed by atoms with Crippen LogP contribution in [0, 0.1) is 0 Å². The van der Waals surface area contributed by atoms with E-state index in [1.165, 1.54) is 0 Å². The van der Waals surface area contributed by atoms with Crippen molar-refractivity contribution >= 4 is 15.9 Å². The molecule has 0 unspecified atom stereocenters. The molecule has 1 aromatic carbocycles. The predicted octanol–water partition coefficient (Wildman–Crippen LogP) is 2.55. The molecule has 0 saturated carbocycles. The van der Waals surface area contributed by atoms with Crippen molar-refractivity contribution in [1.82, 2.24) is 20.2 Å². The number of hydrogen-bond acceptors (Lipinski definition) is 3. The fraction of sp³-hybridized carbons (Fsp3) is 0.300. The zero-order valence-corrected chi connectivity index (χ0v) is 10.1. The molecule has 2 aromatic rings. The molecule has 0 aliphatic carbocycles. The lowest BCUT2D eigenvalue weighted by molar-refractivity contribution is 0.708. The van der Waals surface area contributed by atoms with Gasteiger partial charge < -0.3 is 0 Å². The Morgan fingerprint density at radius 2 is 2.00 bits per heavy atom. The quantitative estimate of drug-likeness (QED) is 0.839. The Bertz CT molecular complexity index is 464. The van der Waals surface area contributed by atoms with E-state index in [0.717, 1.165) is 16.0 Å². The van der Waals surface area contributed by atoms with Gasteiger partial charge in [0, 0.05) is 10.4 Å². The summed E-state index contributed by atoms with van der Waals surface area (Å²) < 4.78 is 2.74. The van der Waals surface area contributed by atoms with Crippen molar-refractivity contribution in [2.75, 3.05) is 0 Å². The topological polar surface area (TPSA) is 43.6 Å². The zero-order chi connectivity index (χ0) is 10.8. The molecule has 2 rings (SSSR count). The first-order chi connectivity index (χ1) is 7.20. The first-order valence-corrected chi connectivity index (χ1v) is 5.52. The minimum atomic E-state index is 0.298. The third-order valence-corrected chi connectivity index (χ3v) is 2.76. The Labute approximate surface area is 96.4 Å². The smallest absolute Gasteiger partial charge is 0.159 e. The largest absolute Gasteiger partial charge is 0.196 e. The van der Waals surface area contributed by atoms with Gasteiger partial charge in [0.2, 0.25) is 0 Å². The maximum Gasteiger partial charge on any atom is 0.159 e. The summed E-state index contributed by atoms with van der Waals surface area (Å²) in [4.78, 5) is 0. The first-order valence-electron chi connectivity index (χ1n) is 4.73. The Kier molecular flexibility index (Phi) is 2.81. The number of para-hydroxylation sites is 1. The van der Waals surface area contributed by atoms with Crippen LogP contribution in [0.2, 0.25) is 0 Å². The van der Waals surface area contributed by atoms with E-state index in [-0.39, 0.29) is 0 Å². The molecule has 0 saturated heterocycles. The van der Waals surface area contributed by atoms with Crippen LogP contribution < -0.4 is 0 Å². The minimum absolute atomic E-state index is 0.298. The van der Waals surface area contributed by atoms with Crippen LogP contribution in [0.25, 0.3) is 5.69 Å². The second-order valence-corrected chi connectivity index (χ2v) is 4.41. The number of halogens is 1. The van der Waals surface area contributed by atoms with Crippen LogP contribution in [-0.4, -0.2) is 20.2 Å². The van der Waals surface area contributed by atoms with Crippen LogP contribution in [0.5, 0.6) is 0 Å². The highest BCUT2D eigenvalue weighted by molar-refractivity contribution is 9.10. The molecule has 78 valence electrons. The molecular formula is C10H11BrN4. The monoisotopic (exact) mass is 266 g/mol. The van der Waals surface area contributed by atoms with Gasteiger partial charge in [0.25, 0.3) is 0 Å². The summed E-state index contributed by atoms with van der Waals surface area (Å²) in [5, 5.41) is 11.7. The molecule has 0 atom stereocenters. The number of rotatable bonds is 2. The molecule has 0 bridgehead atoms. The van der Waals surface area contributed by atoms with Gasteiger partial charge in [-0.25, -0.2) is 0 Å². The van der Waals surface area contributed by atoms with Gasteiger partial charge in [0.1, 0.15) is 0 Å². The number of nitrogens with zero attached hydrogens (tertiary/aromatic N) is 4. The zero-order valence-electron chi connectivity index (χ0n) is 8.55. The molecule has 5 heteroatoms. The van der Waals surface area contributed by atoms with Crippen molar-refractivity contribution in [1.29, 1.82) is 0 Å². The number of hydrogen-bond donors (Lipinski definition) is 0. The molecule has 15 heavy (non-hydrogen) atoms. The molecule has 4 nitrogen and oxygen atoms in total. The van der Waals surface area contributed by atoms with Crippen LogP contribution >= 0.6 is 15.9 Å². The van der Waals surface area contributed by atoms with Crippen LogP contribution in [0.15, 0.2) is 28.7 Å². The van der Waals surface area contributed by atoms with Gasteiger partial charge in [-0.3, -0.25) is 0 Å². The van der Waals surface area contributed by atoms with Gasteiger partial charge in [-0.05, 0) is 38.5 Å². The lowest BCUT2D eigenvalue weighted by Crippen LogP contribution is -2.05. The molecule has 0 fully saturated rings. The molecule has 0 radical (unpaired) electrons. The molecule has 0 amide bonds. The summed E-state index contributed by atoms with van der Waals surface area (Å²) in [6.07, 6.45) is 0. The maximum absolute atomic E-state index is 4.01. The molecule has 1 aromatic heterocycles. The van der Waals surface area contributed by atoms with Gasteiger partial charge in [0.05, 0.1) is 5.69 Å². The third-order valence-electron chi connectivity index (χ3n) is 2.09. The van der Waals surface area contributed by atoms with E-state index in [1.54, 1.807) is 4.68 Å². The van der Waals surface area contributed by atoms with E-state index in [0.29, 0.717) is 5.92 Å². The van der Waals surface area contributed by atoms with Crippen molar-refractivity contribution in [2.45, 2.75) is 19.8 Å². The Hall–Kier alpha value is -1.23. The summed E-state index contributed by atoms with van der Waals surface area (Å²) in [5.74, 6) is 1.16. The van der Waals surface area contributed by atoms with E-state index in [9.17, 15) is 0 Å². The lowest BCUT2D eigenvalue weighted by Gasteiger charge is -2.07. The molecule has 0 aliphatic heterocycles. The molecule has 0 aliphatic rings. The summed E-state index contributed by atoms with van der Waals surface area (Å²) in [6.45, 7) is 4.14. The van der Waals surface area contributed by atoms with Gasteiger partial charge in [-0.2, -0.15) is 4.68 Å². The van der Waals surface area contributed by atoms with Crippen molar-refractivity contribution in [2.24, 2.45) is 0 Å². The standard InChI is InChI=1S/C10H11BrN4/c1-7(2)10-12-13-14-15(10)9-6-4-3-5-8(9)11/h3-7H,1-2H3. The highest BCUT2D eigenvalue weighted by Crippen LogP contribution is 2.22. The fourth-order valence-corrected chi connectivity index (χ4v) is 1.80. The average Bonchev–Trinajstić information content (AvgIpc) is 2.67. The predicted molar refractivity (Wildman–Crippen MR) is 60.9 cm³/mol. The summed E-state index contributed by atoms with van der Waals surface area (Å²) in [6, 6.07) is 7.88. The van der Waals surface area contributed by atoms with E-state index in [1.807, 2.05) is 24.3 Å². The van der Waals surface area contributed by atoms with Crippen molar-refractivity contribution < 1.29 is 0 Å². The summed E-state index contributed by atoms with van der Waals surface area (Å²) in [5.41, 5.74) is 0.964. The summed E-state index contributed by atoms with van der Waals surface area (Å²) in [7, 11) is 0. The van der Waals surface area contributed by atoms with Crippen LogP contribution in [0.1, 0.15) is 25.6 Å². The van der Waals surface area contributed by atoms with Crippen molar-refractivity contribution in [3.05, 3.63) is 34.6 Å². The highest BCUT2D eigenvalue weighted by atomic mass is 79.9. The maximum atomic E-state index is 4.01. The molecule has 1 heterocycles. The SMILES string of the molecule is CC(C)c1nnnn1-c1ccccc1Br. The number of benzene rings is 1. The Balaban J connectivity index is 2.55. The lowest BCUT2D eigenvalue weighted by atomic mass is 10.2. The van der Waals surface area contributed by atoms with Gasteiger partial charge in [-0.15, -0.1) is 5.10 Å². The first kappa shape index (κ1) is 10.3.